The maximum atomic E-state index is 13.5. The molecule has 0 bridgehead atoms. The molecule has 0 aliphatic heterocycles. The molecule has 4 aliphatic carbocycles. The van der Waals surface area contributed by atoms with E-state index in [1.807, 2.05) is 53.6 Å². The van der Waals surface area contributed by atoms with Crippen LogP contribution in [0.5, 0.6) is 0 Å². The summed E-state index contributed by atoms with van der Waals surface area (Å²) in [6, 6.07) is 6.30. The monoisotopic (exact) mass is 829 g/mol. The second-order valence-electron chi connectivity index (χ2n) is 20.1. The van der Waals surface area contributed by atoms with Crippen LogP contribution in [0.1, 0.15) is 117 Å². The van der Waals surface area contributed by atoms with Gasteiger partial charge in [0.15, 0.2) is 24.8 Å². The van der Waals surface area contributed by atoms with Crippen molar-refractivity contribution in [3.63, 3.8) is 0 Å². The number of urea groups is 2. The predicted octanol–water partition coefficient (Wildman–Crippen LogP) is 6.66. The molecule has 0 saturated heterocycles. The van der Waals surface area contributed by atoms with Crippen LogP contribution < -0.4 is 31.2 Å². The van der Waals surface area contributed by atoms with E-state index in [0.717, 1.165) is 62.5 Å². The molecule has 6 unspecified atom stereocenters. The van der Waals surface area contributed by atoms with E-state index in [4.69, 9.17) is 20.9 Å². The summed E-state index contributed by atoms with van der Waals surface area (Å²) in [4.78, 5) is 49.3. The minimum atomic E-state index is -0.590. The van der Waals surface area contributed by atoms with Gasteiger partial charge in [-0.25, -0.2) is 19.2 Å². The van der Waals surface area contributed by atoms with Crippen LogP contribution in [0.25, 0.3) is 0 Å². The van der Waals surface area contributed by atoms with Crippen LogP contribution in [-0.4, -0.2) is 36.7 Å². The SMILES string of the molecule is C=C(C)[C@H](CC)C1C(COC(=O)C[n+]2cccc(CNC(N)=O)c2)CC[C@]2(C)C1CCC1[C@@]3(C)CCC(OC(=O)C[n+]4cccc(CNC(N)=O)c4)C(C)(C)C3CC[C@]12C. The number of hydrogen-bond donors (Lipinski definition) is 4. The van der Waals surface area contributed by atoms with Crippen LogP contribution in [0.2, 0.25) is 0 Å². The van der Waals surface area contributed by atoms with Crippen molar-refractivity contribution in [2.75, 3.05) is 6.61 Å². The number of allylic oxidation sites excluding steroid dienone is 1. The minimum absolute atomic E-state index is 0.0982. The smallest absolute Gasteiger partial charge is 0.372 e. The van der Waals surface area contributed by atoms with Crippen LogP contribution in [-0.2, 0) is 45.2 Å². The van der Waals surface area contributed by atoms with Crippen LogP contribution in [0.3, 0.4) is 0 Å². The number of hydrogen-bond acceptors (Lipinski definition) is 6. The lowest BCUT2D eigenvalue weighted by Crippen LogP contribution is -2.66. The standard InChI is InChI=1S/C48H70N6O6/c1-9-35(31(2)3)42-34(30-59-40(55)28-53-22-10-12-32(26-53)24-51-43(49)57)16-20-47(7)36(42)14-15-38-46(6)19-18-39(45(4,5)37(46)17-21-48(38,47)8)60-41(56)29-54-23-11-13-33(27-54)25-52-44(50)58/h10-13,22-23,26-27,34-39,42H,2,9,14-21,24-25,28-30H2,1,3-8H3,(H4-2,49,50,51,52,57,58)/p+2/t34?,35-,36?,37?,38?,39?,42?,46-,47+,48+/m0/s1. The Morgan fingerprint density at radius 2 is 1.38 bits per heavy atom. The normalized spacial score (nSPS) is 32.2. The van der Waals surface area contributed by atoms with Crippen molar-refractivity contribution < 1.29 is 37.8 Å². The third-order valence-electron chi connectivity index (χ3n) is 16.6. The maximum absolute atomic E-state index is 13.5. The third-order valence-corrected chi connectivity index (χ3v) is 16.6. The summed E-state index contributed by atoms with van der Waals surface area (Å²) in [5.41, 5.74) is 13.6. The highest BCUT2D eigenvalue weighted by Crippen LogP contribution is 2.75. The van der Waals surface area contributed by atoms with Crippen molar-refractivity contribution in [1.29, 1.82) is 0 Å². The molecule has 0 spiro atoms. The van der Waals surface area contributed by atoms with E-state index in [9.17, 15) is 19.2 Å². The second-order valence-corrected chi connectivity index (χ2v) is 20.1. The number of esters is 2. The first-order chi connectivity index (χ1) is 28.3. The Morgan fingerprint density at radius 3 is 1.95 bits per heavy atom. The molecule has 60 heavy (non-hydrogen) atoms. The molecular weight excluding hydrogens is 757 g/mol. The van der Waals surface area contributed by atoms with E-state index < -0.39 is 12.1 Å². The number of pyridine rings is 2. The molecule has 0 aromatic carbocycles. The highest BCUT2D eigenvalue weighted by atomic mass is 16.5. The van der Waals surface area contributed by atoms with Crippen molar-refractivity contribution in [3.8, 4) is 0 Å². The largest absolute Gasteiger partial charge is 0.461 e. The Bertz CT molecular complexity index is 1940. The Morgan fingerprint density at radius 1 is 0.800 bits per heavy atom. The Labute approximate surface area is 357 Å². The molecule has 2 aromatic heterocycles. The molecule has 6 N–H and O–H groups in total. The van der Waals surface area contributed by atoms with Gasteiger partial charge in [0.1, 0.15) is 6.10 Å². The molecule has 4 aliphatic rings. The van der Waals surface area contributed by atoms with Crippen LogP contribution >= 0.6 is 0 Å². The maximum Gasteiger partial charge on any atom is 0.372 e. The summed E-state index contributed by atoms with van der Waals surface area (Å²) < 4.78 is 16.1. The van der Waals surface area contributed by atoms with Crippen LogP contribution in [0, 0.1) is 57.2 Å². The molecule has 4 amide bonds. The summed E-state index contributed by atoms with van der Waals surface area (Å²) in [5.74, 6) is 1.96. The van der Waals surface area contributed by atoms with Gasteiger partial charge in [0.05, 0.1) is 19.7 Å². The number of aromatic nitrogens is 2. The molecule has 328 valence electrons. The highest BCUT2D eigenvalue weighted by Gasteiger charge is 2.69. The van der Waals surface area contributed by atoms with E-state index in [1.54, 1.807) is 4.57 Å². The zero-order valence-corrected chi connectivity index (χ0v) is 37.3. The van der Waals surface area contributed by atoms with Gasteiger partial charge in [-0.15, -0.1) is 0 Å². The number of rotatable bonds is 14. The van der Waals surface area contributed by atoms with Gasteiger partial charge in [0.25, 0.3) is 0 Å². The van der Waals surface area contributed by atoms with Gasteiger partial charge in [-0.3, -0.25) is 0 Å². The van der Waals surface area contributed by atoms with Crippen molar-refractivity contribution >= 4 is 24.0 Å². The number of carbonyl (C=O) groups excluding carboxylic acids is 4. The molecular formula is C48H72N6O6+2. The number of ether oxygens (including phenoxy) is 2. The van der Waals surface area contributed by atoms with Gasteiger partial charge < -0.3 is 31.6 Å². The van der Waals surface area contributed by atoms with E-state index >= 15 is 0 Å². The van der Waals surface area contributed by atoms with Gasteiger partial charge in [0, 0.05) is 28.7 Å². The van der Waals surface area contributed by atoms with E-state index in [2.05, 4.69) is 65.7 Å². The van der Waals surface area contributed by atoms with Gasteiger partial charge in [-0.2, -0.15) is 9.13 Å². The number of nitrogens with zero attached hydrogens (tertiary/aromatic N) is 2. The summed E-state index contributed by atoms with van der Waals surface area (Å²) >= 11 is 0. The lowest BCUT2D eigenvalue weighted by atomic mass is 9.32. The lowest BCUT2D eigenvalue weighted by Gasteiger charge is -2.72. The average Bonchev–Trinajstić information content (AvgIpc) is 3.17. The first-order valence-electron chi connectivity index (χ1n) is 22.4. The van der Waals surface area contributed by atoms with Crippen molar-refractivity contribution in [2.24, 2.45) is 68.6 Å². The average molecular weight is 829 g/mol. The number of nitrogens with two attached hydrogens (primary N) is 2. The van der Waals surface area contributed by atoms with Gasteiger partial charge in [-0.1, -0.05) is 53.7 Å². The Hall–Kier alpha value is -4.48. The lowest BCUT2D eigenvalue weighted by molar-refractivity contribution is -0.686. The first kappa shape index (κ1) is 45.1. The number of amides is 4. The molecule has 12 heteroatoms. The molecule has 10 atom stereocenters. The fourth-order valence-electron chi connectivity index (χ4n) is 13.7. The Balaban J connectivity index is 1.15. The molecule has 6 rings (SSSR count). The van der Waals surface area contributed by atoms with Crippen molar-refractivity contribution in [3.05, 3.63) is 72.3 Å². The molecule has 12 nitrogen and oxygen atoms in total. The summed E-state index contributed by atoms with van der Waals surface area (Å²) in [7, 11) is 0. The molecule has 4 fully saturated rings. The van der Waals surface area contributed by atoms with E-state index in [0.29, 0.717) is 49.3 Å². The fourth-order valence-corrected chi connectivity index (χ4v) is 13.7. The van der Waals surface area contributed by atoms with E-state index in [-0.39, 0.29) is 58.7 Å². The number of carbonyl (C=O) groups is 4. The zero-order chi connectivity index (χ0) is 43.6. The number of nitrogens with one attached hydrogen (secondary N) is 2. The number of fused-ring (bicyclic) bond motifs is 5. The zero-order valence-electron chi connectivity index (χ0n) is 37.3. The topological polar surface area (TPSA) is 171 Å². The summed E-state index contributed by atoms with van der Waals surface area (Å²) in [6.07, 6.45) is 16.8. The quantitative estimate of drug-likeness (QED) is 0.0944. The minimum Gasteiger partial charge on any atom is -0.461 e. The highest BCUT2D eigenvalue weighted by molar-refractivity contribution is 5.72. The van der Waals surface area contributed by atoms with Crippen molar-refractivity contribution in [1.82, 2.24) is 10.6 Å². The molecule has 4 saturated carbocycles. The molecule has 0 radical (unpaired) electrons. The van der Waals surface area contributed by atoms with Gasteiger partial charge in [-0.05, 0) is 129 Å². The predicted molar refractivity (Wildman–Crippen MR) is 228 cm³/mol. The Kier molecular flexibility index (Phi) is 13.4. The van der Waals surface area contributed by atoms with Crippen LogP contribution in [0.15, 0.2) is 61.2 Å². The molecule has 2 aromatic rings. The summed E-state index contributed by atoms with van der Waals surface area (Å²) in [6.45, 7) is 22.7. The van der Waals surface area contributed by atoms with Gasteiger partial charge in [0.2, 0.25) is 13.1 Å². The second kappa shape index (κ2) is 17.9. The molecule has 2 heterocycles. The van der Waals surface area contributed by atoms with Crippen LogP contribution in [0.4, 0.5) is 9.59 Å². The number of primary amides is 2. The van der Waals surface area contributed by atoms with Gasteiger partial charge >= 0.3 is 24.0 Å². The van der Waals surface area contributed by atoms with E-state index in [1.165, 1.54) is 12.0 Å². The fraction of sp³-hybridized carbons (Fsp3) is 0.667. The van der Waals surface area contributed by atoms with Crippen molar-refractivity contribution in [2.45, 2.75) is 139 Å². The first-order valence-corrected chi connectivity index (χ1v) is 22.4. The summed E-state index contributed by atoms with van der Waals surface area (Å²) in [5, 5.41) is 5.21. The third kappa shape index (κ3) is 8.94.